The molecule has 2 aromatic heterocycles. The van der Waals surface area contributed by atoms with E-state index in [1.54, 1.807) is 29.0 Å². The molecule has 3 N–H and O–H groups in total. The average Bonchev–Trinajstić information content (AvgIpc) is 3.48. The molecule has 8 rings (SSSR count). The number of fused-ring (bicyclic) bond motifs is 2. The third-order valence-electron chi connectivity index (χ3n) is 11.7. The number of amides is 5. The smallest absolute Gasteiger partial charge is 0.293 e. The molecule has 17 nitrogen and oxygen atoms in total. The van der Waals surface area contributed by atoms with E-state index in [-0.39, 0.29) is 48.3 Å². The molecule has 0 saturated carbocycles. The zero-order chi connectivity index (χ0) is 42.2. The third-order valence-corrected chi connectivity index (χ3v) is 12.0. The van der Waals surface area contributed by atoms with Crippen LogP contribution in [0.5, 0.6) is 5.75 Å². The Bertz CT molecular complexity index is 2440. The number of hydrogen-bond acceptors (Lipinski definition) is 13. The Hall–Kier alpha value is -6.07. The van der Waals surface area contributed by atoms with Gasteiger partial charge in [0.05, 0.1) is 22.8 Å². The van der Waals surface area contributed by atoms with Crippen LogP contribution in [-0.4, -0.2) is 119 Å². The van der Waals surface area contributed by atoms with E-state index >= 15 is 0 Å². The van der Waals surface area contributed by atoms with Gasteiger partial charge in [0.1, 0.15) is 11.1 Å². The summed E-state index contributed by atoms with van der Waals surface area (Å²) in [5, 5.41) is 9.16. The lowest BCUT2D eigenvalue weighted by Crippen LogP contribution is -2.54. The second-order valence-electron chi connectivity index (χ2n) is 15.9. The van der Waals surface area contributed by atoms with Crippen LogP contribution in [0.2, 0.25) is 5.02 Å². The predicted octanol–water partition coefficient (Wildman–Crippen LogP) is 3.33. The van der Waals surface area contributed by atoms with Gasteiger partial charge in [0.15, 0.2) is 18.2 Å². The van der Waals surface area contributed by atoms with Crippen molar-refractivity contribution < 1.29 is 28.7 Å². The van der Waals surface area contributed by atoms with Crippen LogP contribution in [0, 0.1) is 5.92 Å². The lowest BCUT2D eigenvalue weighted by atomic mass is 9.95. The van der Waals surface area contributed by atoms with Crippen molar-refractivity contribution in [2.24, 2.45) is 5.92 Å². The van der Waals surface area contributed by atoms with Crippen molar-refractivity contribution in [3.8, 4) is 5.75 Å². The summed E-state index contributed by atoms with van der Waals surface area (Å²) in [6, 6.07) is 11.4. The summed E-state index contributed by atoms with van der Waals surface area (Å²) < 4.78 is 7.25. The normalized spacial score (nSPS) is 18.9. The number of benzene rings is 2. The number of nitrogens with one attached hydrogen (secondary N) is 3. The lowest BCUT2D eigenvalue weighted by Gasteiger charge is -2.39. The number of likely N-dealkylation sites (N-methyl/N-ethyl adjacent to an activating group) is 1. The first-order chi connectivity index (χ1) is 28.9. The summed E-state index contributed by atoms with van der Waals surface area (Å²) in [6.07, 6.45) is 3.77. The van der Waals surface area contributed by atoms with Crippen molar-refractivity contribution in [1.82, 2.24) is 35.0 Å². The fraction of sp³-hybridized carbons (Fsp3) is 0.429. The van der Waals surface area contributed by atoms with Gasteiger partial charge in [-0.1, -0.05) is 11.6 Å². The number of ether oxygens (including phenoxy) is 1. The first-order valence-corrected chi connectivity index (χ1v) is 20.7. The minimum atomic E-state index is -0.986. The van der Waals surface area contributed by atoms with Crippen molar-refractivity contribution in [3.63, 3.8) is 0 Å². The molecule has 314 valence electrons. The van der Waals surface area contributed by atoms with Crippen molar-refractivity contribution in [2.75, 3.05) is 74.6 Å². The SMILES string of the molecule is CNC(=O)COc1cc2cc(Nc3nc(N4CCN(CC5CCN(c6ccc7c(c6)C(=O)N(C6CCC(=O)NC6=O)C7=O)CC5)CC4)ncc3Cl)ccc2n(C(C)C)c1=O. The van der Waals surface area contributed by atoms with E-state index in [4.69, 9.17) is 21.3 Å². The summed E-state index contributed by atoms with van der Waals surface area (Å²) >= 11 is 6.59. The molecule has 5 amide bonds. The van der Waals surface area contributed by atoms with Crippen LogP contribution in [0.3, 0.4) is 0 Å². The lowest BCUT2D eigenvalue weighted by molar-refractivity contribution is -0.136. The summed E-state index contributed by atoms with van der Waals surface area (Å²) in [5.74, 6) is -0.738. The quantitative estimate of drug-likeness (QED) is 0.187. The van der Waals surface area contributed by atoms with Crippen molar-refractivity contribution in [2.45, 2.75) is 51.6 Å². The monoisotopic (exact) mass is 838 g/mol. The van der Waals surface area contributed by atoms with E-state index in [1.807, 2.05) is 38.1 Å². The molecule has 6 heterocycles. The zero-order valence-electron chi connectivity index (χ0n) is 33.7. The van der Waals surface area contributed by atoms with Crippen LogP contribution in [-0.2, 0) is 14.4 Å². The fourth-order valence-electron chi connectivity index (χ4n) is 8.49. The molecule has 60 heavy (non-hydrogen) atoms. The second kappa shape index (κ2) is 16.9. The van der Waals surface area contributed by atoms with Gasteiger partial charge < -0.3 is 29.7 Å². The number of halogens is 1. The summed E-state index contributed by atoms with van der Waals surface area (Å²) in [4.78, 5) is 92.9. The van der Waals surface area contributed by atoms with Gasteiger partial charge in [0.2, 0.25) is 17.8 Å². The highest BCUT2D eigenvalue weighted by molar-refractivity contribution is 6.33. The standard InChI is InChI=1S/C42H47ClN10O7/c1-24(2)52-32-7-4-27(18-26(32)19-34(41(52)59)60-23-36(55)44-3)46-37-31(43)21-45-42(48-37)51-16-14-49(15-17-51)22-25-10-12-50(13-11-25)28-5-6-29-30(20-28)40(58)53(39(29)57)33-8-9-35(54)47-38(33)56/h4-7,18-21,24-25,33H,8-17,22-23H2,1-3H3,(H,44,55)(H,45,46,48)(H,47,54,56). The predicted molar refractivity (Wildman–Crippen MR) is 225 cm³/mol. The Kier molecular flexibility index (Phi) is 11.5. The summed E-state index contributed by atoms with van der Waals surface area (Å²) in [6.45, 7) is 9.37. The maximum absolute atomic E-state index is 13.4. The fourth-order valence-corrected chi connectivity index (χ4v) is 8.63. The molecule has 0 radical (unpaired) electrons. The maximum atomic E-state index is 13.4. The number of aromatic nitrogens is 3. The van der Waals surface area contributed by atoms with Crippen LogP contribution in [0.25, 0.3) is 10.9 Å². The minimum Gasteiger partial charge on any atom is -0.478 e. The molecule has 1 atom stereocenters. The van der Waals surface area contributed by atoms with Gasteiger partial charge in [-0.25, -0.2) is 4.98 Å². The Labute approximate surface area is 351 Å². The zero-order valence-corrected chi connectivity index (χ0v) is 34.5. The number of carbonyl (C=O) groups is 5. The van der Waals surface area contributed by atoms with Gasteiger partial charge in [-0.2, -0.15) is 4.98 Å². The number of imide groups is 2. The highest BCUT2D eigenvalue weighted by Crippen LogP contribution is 2.33. The molecule has 0 aliphatic carbocycles. The summed E-state index contributed by atoms with van der Waals surface area (Å²) in [5.41, 5.74) is 2.57. The molecule has 0 spiro atoms. The minimum absolute atomic E-state index is 0.0817. The first kappa shape index (κ1) is 40.7. The Morgan fingerprint density at radius 1 is 0.917 bits per heavy atom. The molecule has 18 heteroatoms. The molecular weight excluding hydrogens is 792 g/mol. The molecular formula is C42H47ClN10O7. The highest BCUT2D eigenvalue weighted by Gasteiger charge is 2.45. The van der Waals surface area contributed by atoms with Crippen molar-refractivity contribution in [3.05, 3.63) is 75.2 Å². The van der Waals surface area contributed by atoms with Crippen LogP contribution in [0.1, 0.15) is 66.3 Å². The van der Waals surface area contributed by atoms with E-state index in [1.165, 1.54) is 7.05 Å². The number of carbonyl (C=O) groups excluding carboxylic acids is 5. The number of piperazine rings is 1. The Morgan fingerprint density at radius 3 is 2.38 bits per heavy atom. The first-order valence-electron chi connectivity index (χ1n) is 20.3. The van der Waals surface area contributed by atoms with Crippen LogP contribution >= 0.6 is 11.6 Å². The van der Waals surface area contributed by atoms with Gasteiger partial charge in [-0.15, -0.1) is 0 Å². The van der Waals surface area contributed by atoms with Crippen molar-refractivity contribution >= 4 is 75.2 Å². The van der Waals surface area contributed by atoms with Gasteiger partial charge in [-0.05, 0) is 81.5 Å². The molecule has 4 aliphatic rings. The van der Waals surface area contributed by atoms with E-state index in [9.17, 15) is 28.8 Å². The number of piperidine rings is 2. The highest BCUT2D eigenvalue weighted by atomic mass is 35.5. The Balaban J connectivity index is 0.854. The van der Waals surface area contributed by atoms with E-state index in [0.29, 0.717) is 34.0 Å². The average molecular weight is 839 g/mol. The number of pyridine rings is 1. The van der Waals surface area contributed by atoms with Gasteiger partial charge >= 0.3 is 0 Å². The molecule has 4 aromatic rings. The van der Waals surface area contributed by atoms with E-state index in [2.05, 4.69) is 35.6 Å². The van der Waals surface area contributed by atoms with Gasteiger partial charge in [-0.3, -0.25) is 43.9 Å². The number of hydrogen-bond donors (Lipinski definition) is 3. The molecule has 3 fully saturated rings. The maximum Gasteiger partial charge on any atom is 0.293 e. The van der Waals surface area contributed by atoms with Crippen LogP contribution < -0.4 is 36.0 Å². The number of rotatable bonds is 11. The molecule has 2 aromatic carbocycles. The van der Waals surface area contributed by atoms with Crippen LogP contribution in [0.4, 0.5) is 23.1 Å². The molecule has 3 saturated heterocycles. The molecule has 1 unspecified atom stereocenters. The van der Waals surface area contributed by atoms with E-state index in [0.717, 1.165) is 80.1 Å². The topological polar surface area (TPSA) is 191 Å². The molecule has 0 bridgehead atoms. The van der Waals surface area contributed by atoms with Crippen LogP contribution in [0.15, 0.2) is 53.5 Å². The van der Waals surface area contributed by atoms with Gasteiger partial charge in [0.25, 0.3) is 23.3 Å². The largest absolute Gasteiger partial charge is 0.478 e. The summed E-state index contributed by atoms with van der Waals surface area (Å²) in [7, 11) is 1.51. The number of nitrogens with zero attached hydrogens (tertiary/aromatic N) is 7. The second-order valence-corrected chi connectivity index (χ2v) is 16.3. The number of anilines is 4. The third kappa shape index (κ3) is 8.10. The van der Waals surface area contributed by atoms with E-state index < -0.39 is 29.7 Å². The van der Waals surface area contributed by atoms with Gasteiger partial charge in [0, 0.05) is 82.1 Å². The molecule has 4 aliphatic heterocycles. The Morgan fingerprint density at radius 2 is 1.67 bits per heavy atom. The van der Waals surface area contributed by atoms with Crippen molar-refractivity contribution in [1.29, 1.82) is 0 Å².